The van der Waals surface area contributed by atoms with Gasteiger partial charge in [0.1, 0.15) is 22.9 Å². The molecule has 0 radical (unpaired) electrons. The first-order valence-electron chi connectivity index (χ1n) is 14.4. The average molecular weight is 701 g/mol. The maximum absolute atomic E-state index is 13.5. The molecule has 3 rings (SSSR count). The normalized spacial score (nSPS) is 17.5. The van der Waals surface area contributed by atoms with Crippen LogP contribution in [-0.4, -0.2) is 102 Å². The van der Waals surface area contributed by atoms with Gasteiger partial charge in [0.15, 0.2) is 5.71 Å². The van der Waals surface area contributed by atoms with Gasteiger partial charge in [0, 0.05) is 24.5 Å². The molecule has 3 heterocycles. The van der Waals surface area contributed by atoms with Crippen molar-refractivity contribution < 1.29 is 46.5 Å². The van der Waals surface area contributed by atoms with Crippen LogP contribution in [-0.2, 0) is 52.0 Å². The number of hydrogen-bond acceptors (Lipinski definition) is 14. The van der Waals surface area contributed by atoms with Crippen molar-refractivity contribution >= 4 is 51.2 Å². The van der Waals surface area contributed by atoms with Crippen molar-refractivity contribution in [3.63, 3.8) is 0 Å². The van der Waals surface area contributed by atoms with E-state index in [1.165, 1.54) is 41.4 Å². The topological polar surface area (TPSA) is 234 Å². The highest BCUT2D eigenvalue weighted by molar-refractivity contribution is 7.84. The van der Waals surface area contributed by atoms with Gasteiger partial charge in [0.05, 0.1) is 23.3 Å². The summed E-state index contributed by atoms with van der Waals surface area (Å²) in [5.41, 5.74) is -3.23. The lowest BCUT2D eigenvalue weighted by molar-refractivity contribution is -0.179. The molecule has 260 valence electrons. The number of thiazole rings is 1. The van der Waals surface area contributed by atoms with Gasteiger partial charge in [-0.25, -0.2) is 18.9 Å². The SMILES string of the molecule is Cc1nc(/C(=N/OC(C)(C)C(=O)OC(C)(C)C)C(=O)N[C@@H]2C(=O)N(S(=O)(=O)O)[C@@H]2Cc2cn(CCNC(=O)OC(C)(C)C)nn2)cs1. The molecule has 20 heteroatoms. The van der Waals surface area contributed by atoms with Gasteiger partial charge in [-0.05, 0) is 62.3 Å². The van der Waals surface area contributed by atoms with Crippen LogP contribution in [0.25, 0.3) is 0 Å². The van der Waals surface area contributed by atoms with E-state index in [4.69, 9.17) is 14.3 Å². The Morgan fingerprint density at radius 2 is 1.72 bits per heavy atom. The second kappa shape index (κ2) is 13.9. The van der Waals surface area contributed by atoms with Crippen LogP contribution in [0.4, 0.5) is 4.79 Å². The maximum Gasteiger partial charge on any atom is 0.407 e. The monoisotopic (exact) mass is 700 g/mol. The van der Waals surface area contributed by atoms with E-state index in [0.29, 0.717) is 5.01 Å². The Kier molecular flexibility index (Phi) is 11.0. The van der Waals surface area contributed by atoms with Gasteiger partial charge < -0.3 is 24.9 Å². The first-order chi connectivity index (χ1) is 21.5. The fourth-order valence-corrected chi connectivity index (χ4v) is 5.47. The Morgan fingerprint density at radius 1 is 1.09 bits per heavy atom. The number of alkyl carbamates (subject to hydrolysis) is 1. The van der Waals surface area contributed by atoms with E-state index < -0.39 is 68.8 Å². The van der Waals surface area contributed by atoms with Crippen molar-refractivity contribution in [2.75, 3.05) is 6.54 Å². The minimum Gasteiger partial charge on any atom is -0.457 e. The zero-order chi connectivity index (χ0) is 35.5. The fourth-order valence-electron chi connectivity index (χ4n) is 3.99. The highest BCUT2D eigenvalue weighted by Gasteiger charge is 2.54. The summed E-state index contributed by atoms with van der Waals surface area (Å²) in [4.78, 5) is 60.6. The molecule has 3 N–H and O–H groups in total. The van der Waals surface area contributed by atoms with E-state index in [9.17, 15) is 32.1 Å². The Bertz CT molecular complexity index is 1640. The van der Waals surface area contributed by atoms with Crippen LogP contribution in [0.2, 0.25) is 0 Å². The molecule has 0 aliphatic carbocycles. The second-order valence-corrected chi connectivity index (χ2v) is 15.4. The van der Waals surface area contributed by atoms with Gasteiger partial charge in [-0.15, -0.1) is 16.4 Å². The van der Waals surface area contributed by atoms with Crippen molar-refractivity contribution in [3.05, 3.63) is 28.0 Å². The van der Waals surface area contributed by atoms with Gasteiger partial charge in [-0.1, -0.05) is 10.4 Å². The van der Waals surface area contributed by atoms with Crippen molar-refractivity contribution in [1.29, 1.82) is 0 Å². The van der Waals surface area contributed by atoms with E-state index in [0.717, 1.165) is 0 Å². The number of nitrogens with one attached hydrogen (secondary N) is 2. The Morgan fingerprint density at radius 3 is 2.28 bits per heavy atom. The summed E-state index contributed by atoms with van der Waals surface area (Å²) in [5, 5.41) is 18.9. The summed E-state index contributed by atoms with van der Waals surface area (Å²) < 4.78 is 46.0. The van der Waals surface area contributed by atoms with Crippen LogP contribution in [0.1, 0.15) is 71.8 Å². The third-order valence-corrected chi connectivity index (χ3v) is 7.77. The molecule has 1 saturated heterocycles. The largest absolute Gasteiger partial charge is 0.457 e. The maximum atomic E-state index is 13.5. The standard InChI is InChI=1S/C27H40N8O10S2/c1-15-29-17(14-46-15)19(32-45-27(8,9)23(38)43-25(2,3)4)21(36)30-20-18(35(22(20)37)47(40,41)42)12-16-13-34(33-31-16)11-10-28-24(39)44-26(5,6)7/h13-14,18,20H,10-12H2,1-9H3,(H,28,39)(H,30,36)(H,40,41,42)/b32-19-/t18-,20+/m1/s1. The number of rotatable bonds is 12. The summed E-state index contributed by atoms with van der Waals surface area (Å²) >= 11 is 1.20. The molecule has 1 aliphatic rings. The summed E-state index contributed by atoms with van der Waals surface area (Å²) in [6.45, 7) is 15.0. The molecule has 3 amide bonds. The number of oxime groups is 1. The Hall–Kier alpha value is -4.17. The molecule has 0 aromatic carbocycles. The Labute approximate surface area is 276 Å². The predicted octanol–water partition coefficient (Wildman–Crippen LogP) is 1.15. The molecule has 2 aromatic heterocycles. The molecule has 47 heavy (non-hydrogen) atoms. The number of β-lactam (4-membered cyclic amide) rings is 1. The molecule has 0 unspecified atom stereocenters. The number of carbonyl (C=O) groups is 4. The minimum atomic E-state index is -5.01. The number of nitrogens with zero attached hydrogens (tertiary/aromatic N) is 6. The second-order valence-electron chi connectivity index (χ2n) is 13.0. The quantitative estimate of drug-likeness (QED) is 0.0928. The molecular weight excluding hydrogens is 660 g/mol. The number of ether oxygens (including phenoxy) is 2. The zero-order valence-corrected chi connectivity index (χ0v) is 29.2. The lowest BCUT2D eigenvalue weighted by Crippen LogP contribution is -2.73. The van der Waals surface area contributed by atoms with E-state index in [1.54, 1.807) is 48.5 Å². The fraction of sp³-hybridized carbons (Fsp3) is 0.630. The van der Waals surface area contributed by atoms with E-state index in [-0.39, 0.29) is 35.2 Å². The third-order valence-electron chi connectivity index (χ3n) is 6.05. The lowest BCUT2D eigenvalue weighted by Gasteiger charge is -2.43. The minimum absolute atomic E-state index is 0.0721. The van der Waals surface area contributed by atoms with Gasteiger partial charge in [-0.2, -0.15) is 8.42 Å². The summed E-state index contributed by atoms with van der Waals surface area (Å²) in [6, 6.07) is -2.73. The van der Waals surface area contributed by atoms with Gasteiger partial charge in [-0.3, -0.25) is 18.8 Å². The van der Waals surface area contributed by atoms with Gasteiger partial charge >= 0.3 is 22.4 Å². The molecule has 2 atom stereocenters. The van der Waals surface area contributed by atoms with Gasteiger partial charge in [0.25, 0.3) is 11.8 Å². The summed E-state index contributed by atoms with van der Waals surface area (Å²) in [5.74, 6) is -2.83. The van der Waals surface area contributed by atoms with Crippen LogP contribution in [0, 0.1) is 6.92 Å². The smallest absolute Gasteiger partial charge is 0.407 e. The summed E-state index contributed by atoms with van der Waals surface area (Å²) in [6.07, 6.45) is 0.598. The molecule has 0 spiro atoms. The number of esters is 1. The molecule has 0 saturated carbocycles. The molecule has 2 aromatic rings. The number of amides is 3. The molecule has 1 aliphatic heterocycles. The van der Waals surface area contributed by atoms with Crippen LogP contribution in [0.15, 0.2) is 16.7 Å². The van der Waals surface area contributed by atoms with Crippen LogP contribution >= 0.6 is 11.3 Å². The molecular formula is C27H40N8O10S2. The lowest BCUT2D eigenvalue weighted by atomic mass is 9.94. The number of aryl methyl sites for hydroxylation is 1. The van der Waals surface area contributed by atoms with Crippen molar-refractivity contribution in [1.82, 2.24) is 34.9 Å². The predicted molar refractivity (Wildman–Crippen MR) is 166 cm³/mol. The van der Waals surface area contributed by atoms with E-state index in [1.807, 2.05) is 0 Å². The molecule has 0 bridgehead atoms. The highest BCUT2D eigenvalue weighted by Crippen LogP contribution is 2.27. The van der Waals surface area contributed by atoms with Crippen LogP contribution in [0.3, 0.4) is 0 Å². The van der Waals surface area contributed by atoms with Crippen molar-refractivity contribution in [2.45, 2.75) is 104 Å². The van der Waals surface area contributed by atoms with Crippen molar-refractivity contribution in [3.8, 4) is 0 Å². The molecule has 1 fully saturated rings. The first kappa shape index (κ1) is 37.3. The number of aromatic nitrogens is 4. The van der Waals surface area contributed by atoms with Crippen LogP contribution in [0.5, 0.6) is 0 Å². The van der Waals surface area contributed by atoms with E-state index >= 15 is 0 Å². The molecule has 18 nitrogen and oxygen atoms in total. The zero-order valence-electron chi connectivity index (χ0n) is 27.6. The third kappa shape index (κ3) is 10.4. The van der Waals surface area contributed by atoms with E-state index in [2.05, 4.69) is 31.1 Å². The average Bonchev–Trinajstić information content (AvgIpc) is 3.53. The van der Waals surface area contributed by atoms with Gasteiger partial charge in [0.2, 0.25) is 5.60 Å². The van der Waals surface area contributed by atoms with Crippen LogP contribution < -0.4 is 10.6 Å². The Balaban J connectivity index is 1.78. The number of hydrogen-bond donors (Lipinski definition) is 3. The van der Waals surface area contributed by atoms with Crippen molar-refractivity contribution in [2.24, 2.45) is 5.16 Å². The number of carbonyl (C=O) groups excluding carboxylic acids is 4. The highest BCUT2D eigenvalue weighted by atomic mass is 32.2. The summed E-state index contributed by atoms with van der Waals surface area (Å²) in [7, 11) is -5.01. The first-order valence-corrected chi connectivity index (χ1v) is 16.6.